The summed E-state index contributed by atoms with van der Waals surface area (Å²) in [6, 6.07) is 13.4. The molecule has 0 saturated carbocycles. The highest BCUT2D eigenvalue weighted by Gasteiger charge is 2.34. The van der Waals surface area contributed by atoms with Gasteiger partial charge in [0.1, 0.15) is 23.5 Å². The van der Waals surface area contributed by atoms with E-state index in [0.29, 0.717) is 37.7 Å². The van der Waals surface area contributed by atoms with Crippen LogP contribution in [0.15, 0.2) is 66.5 Å². The number of carbonyl (C=O) groups excluding carboxylic acids is 1. The Morgan fingerprint density at radius 2 is 1.89 bits per heavy atom. The van der Waals surface area contributed by atoms with Gasteiger partial charge in [0.15, 0.2) is 0 Å². The highest BCUT2D eigenvalue weighted by molar-refractivity contribution is 7.92. The van der Waals surface area contributed by atoms with Crippen LogP contribution in [0.1, 0.15) is 42.7 Å². The monoisotopic (exact) mass is 630 g/mol. The third-order valence-electron chi connectivity index (χ3n) is 8.11. The number of morpholine rings is 1. The lowest BCUT2D eigenvalue weighted by Gasteiger charge is -2.40. The van der Waals surface area contributed by atoms with Gasteiger partial charge in [-0.15, -0.1) is 0 Å². The maximum atomic E-state index is 13.1. The van der Waals surface area contributed by atoms with E-state index in [-0.39, 0.29) is 5.91 Å². The van der Waals surface area contributed by atoms with Crippen LogP contribution in [0.2, 0.25) is 0 Å². The van der Waals surface area contributed by atoms with Crippen LogP contribution in [0.3, 0.4) is 0 Å². The number of hydrogen-bond donors (Lipinski definition) is 3. The van der Waals surface area contributed by atoms with Crippen LogP contribution in [0.25, 0.3) is 22.3 Å². The predicted octanol–water partition coefficient (Wildman–Crippen LogP) is 3.92. The molecule has 1 amide bonds. The van der Waals surface area contributed by atoms with Crippen molar-refractivity contribution >= 4 is 38.5 Å². The Bertz CT molecular complexity index is 1800. The van der Waals surface area contributed by atoms with Gasteiger partial charge < -0.3 is 19.9 Å². The summed E-state index contributed by atoms with van der Waals surface area (Å²) in [6.07, 6.45) is 6.35. The van der Waals surface area contributed by atoms with Gasteiger partial charge in [-0.2, -0.15) is 0 Å². The largest absolute Gasteiger partial charge is 0.378 e. The van der Waals surface area contributed by atoms with Gasteiger partial charge >= 0.3 is 0 Å². The van der Waals surface area contributed by atoms with Crippen LogP contribution < -0.4 is 14.9 Å². The van der Waals surface area contributed by atoms with E-state index in [1.54, 1.807) is 25.5 Å². The lowest BCUT2D eigenvalue weighted by molar-refractivity contribution is 0.102. The molecule has 0 spiro atoms. The number of piperidine rings is 1. The summed E-state index contributed by atoms with van der Waals surface area (Å²) in [6.45, 7) is 8.55. The molecule has 2 aliphatic heterocycles. The summed E-state index contributed by atoms with van der Waals surface area (Å²) in [5.74, 6) is 0.593. The molecule has 0 bridgehead atoms. The number of likely N-dealkylation sites (tertiary alicyclic amines) is 1. The van der Waals surface area contributed by atoms with Gasteiger partial charge in [-0.05, 0) is 74.7 Å². The molecule has 3 N–H and O–H groups in total. The smallest absolute Gasteiger partial charge is 0.274 e. The summed E-state index contributed by atoms with van der Waals surface area (Å²) in [5.41, 5.74) is 3.98. The quantitative estimate of drug-likeness (QED) is 0.251. The van der Waals surface area contributed by atoms with E-state index in [4.69, 9.17) is 4.74 Å². The summed E-state index contributed by atoms with van der Waals surface area (Å²) in [7, 11) is -3.50. The van der Waals surface area contributed by atoms with Gasteiger partial charge in [0.05, 0.1) is 18.6 Å². The number of anilines is 2. The van der Waals surface area contributed by atoms with Gasteiger partial charge in [-0.1, -0.05) is 18.2 Å². The number of fused-ring (bicyclic) bond motifs is 1. The van der Waals surface area contributed by atoms with Gasteiger partial charge in [0, 0.05) is 54.7 Å². The number of sulfonamides is 1. The highest BCUT2D eigenvalue weighted by Crippen LogP contribution is 2.30. The number of pyridine rings is 1. The number of ether oxygens (including phenoxy) is 1. The molecule has 1 aromatic carbocycles. The van der Waals surface area contributed by atoms with E-state index < -0.39 is 15.6 Å². The lowest BCUT2D eigenvalue weighted by atomic mass is 9.92. The number of amides is 1. The average Bonchev–Trinajstić information content (AvgIpc) is 3.46. The minimum absolute atomic E-state index is 0.303. The van der Waals surface area contributed by atoms with E-state index in [1.165, 1.54) is 11.5 Å². The Kier molecular flexibility index (Phi) is 8.95. The molecule has 236 valence electrons. The molecular weight excluding hydrogens is 592 g/mol. The minimum atomic E-state index is -3.50. The van der Waals surface area contributed by atoms with Gasteiger partial charge in [-0.3, -0.25) is 14.7 Å². The van der Waals surface area contributed by atoms with Crippen molar-refractivity contribution in [3.63, 3.8) is 0 Å². The second-order valence-corrected chi connectivity index (χ2v) is 13.4. The second-order valence-electron chi connectivity index (χ2n) is 11.8. The molecule has 6 rings (SSSR count). The van der Waals surface area contributed by atoms with Gasteiger partial charge in [0.25, 0.3) is 5.91 Å². The Balaban J connectivity index is 1.10. The molecule has 1 atom stereocenters. The number of allylic oxidation sites excluding steroid dienone is 1. The zero-order valence-electron chi connectivity index (χ0n) is 25.5. The zero-order chi connectivity index (χ0) is 31.4. The number of H-pyrrole nitrogens is 1. The first kappa shape index (κ1) is 30.8. The SMILES string of the molecule is CC=CS(=O)(=O)N[C@]1(C)CCCN(Cc2ccnc(C(=O)Nc3ccc(-c4cc5c(N6CCOCC6)ncnc5[nH]4)cc3)c2)C1. The molecule has 12 nitrogen and oxygen atoms in total. The zero-order valence-corrected chi connectivity index (χ0v) is 26.3. The Morgan fingerprint density at radius 1 is 1.09 bits per heavy atom. The Morgan fingerprint density at radius 3 is 2.67 bits per heavy atom. The molecule has 2 saturated heterocycles. The van der Waals surface area contributed by atoms with Crippen molar-refractivity contribution in [3.8, 4) is 11.3 Å². The van der Waals surface area contributed by atoms with Crippen molar-refractivity contribution < 1.29 is 17.9 Å². The molecule has 5 heterocycles. The molecule has 4 aromatic rings. The summed E-state index contributed by atoms with van der Waals surface area (Å²) in [5, 5.41) is 5.10. The summed E-state index contributed by atoms with van der Waals surface area (Å²) >= 11 is 0. The molecule has 3 aromatic heterocycles. The predicted molar refractivity (Wildman–Crippen MR) is 174 cm³/mol. The molecule has 0 unspecified atom stereocenters. The summed E-state index contributed by atoms with van der Waals surface area (Å²) < 4.78 is 33.0. The fourth-order valence-electron chi connectivity index (χ4n) is 6.11. The Hall–Kier alpha value is -4.17. The fourth-order valence-corrected chi connectivity index (χ4v) is 7.39. The van der Waals surface area contributed by atoms with Gasteiger partial charge in [0.2, 0.25) is 10.0 Å². The molecule has 0 radical (unpaired) electrons. The van der Waals surface area contributed by atoms with Crippen LogP contribution in [0.5, 0.6) is 0 Å². The second kappa shape index (κ2) is 13.1. The third kappa shape index (κ3) is 7.39. The maximum Gasteiger partial charge on any atom is 0.274 e. The normalized spacial score (nSPS) is 19.7. The molecule has 45 heavy (non-hydrogen) atoms. The topological polar surface area (TPSA) is 145 Å². The summed E-state index contributed by atoms with van der Waals surface area (Å²) in [4.78, 5) is 34.2. The number of benzene rings is 1. The van der Waals surface area contributed by atoms with Crippen LogP contribution in [0, 0.1) is 0 Å². The maximum absolute atomic E-state index is 13.1. The van der Waals surface area contributed by atoms with E-state index in [1.807, 2.05) is 37.3 Å². The fraction of sp³-hybridized carbons (Fsp3) is 0.375. The van der Waals surface area contributed by atoms with Crippen molar-refractivity contribution in [1.29, 1.82) is 0 Å². The van der Waals surface area contributed by atoms with Crippen LogP contribution >= 0.6 is 0 Å². The minimum Gasteiger partial charge on any atom is -0.378 e. The molecule has 0 aliphatic carbocycles. The number of rotatable bonds is 9. The number of hydrogen-bond acceptors (Lipinski definition) is 9. The average molecular weight is 631 g/mol. The molecule has 2 aliphatic rings. The lowest BCUT2D eigenvalue weighted by Crippen LogP contribution is -2.56. The number of aromatic amines is 1. The van der Waals surface area contributed by atoms with Crippen molar-refractivity contribution in [2.24, 2.45) is 0 Å². The first-order valence-electron chi connectivity index (χ1n) is 15.1. The molecule has 13 heteroatoms. The number of nitrogens with zero attached hydrogens (tertiary/aromatic N) is 5. The van der Waals surface area contributed by atoms with Crippen molar-refractivity contribution in [2.75, 3.05) is 49.6 Å². The number of carbonyl (C=O) groups is 1. The first-order valence-corrected chi connectivity index (χ1v) is 16.7. The van der Waals surface area contributed by atoms with Crippen LogP contribution in [-0.4, -0.2) is 84.1 Å². The molecule has 2 fully saturated rings. The van der Waals surface area contributed by atoms with Crippen molar-refractivity contribution in [1.82, 2.24) is 29.6 Å². The van der Waals surface area contributed by atoms with E-state index in [2.05, 4.69) is 45.8 Å². The van der Waals surface area contributed by atoms with Crippen molar-refractivity contribution in [3.05, 3.63) is 77.7 Å². The molecular formula is C32H38N8O4S. The number of aromatic nitrogens is 4. The number of nitrogens with one attached hydrogen (secondary N) is 3. The van der Waals surface area contributed by atoms with Crippen LogP contribution in [0.4, 0.5) is 11.5 Å². The van der Waals surface area contributed by atoms with E-state index in [0.717, 1.165) is 66.1 Å². The first-order chi connectivity index (χ1) is 21.7. The highest BCUT2D eigenvalue weighted by atomic mass is 32.2. The standard InChI is InChI=1S/C32H38N8O4S/c1-3-17-45(42,43)38-32(2)10-4-12-39(21-32)20-23-9-11-33-28(18-23)31(41)36-25-7-5-24(6-8-25)27-19-26-29(37-27)34-22-35-30(26)40-13-15-44-16-14-40/h3,5-9,11,17-19,22,38H,4,10,12-16,20-21H2,1-2H3,(H,36,41)(H,34,35,37)/t32-/m1/s1. The van der Waals surface area contributed by atoms with E-state index in [9.17, 15) is 13.2 Å². The van der Waals surface area contributed by atoms with Gasteiger partial charge in [-0.25, -0.2) is 23.1 Å². The van der Waals surface area contributed by atoms with Crippen LogP contribution in [-0.2, 0) is 21.3 Å². The Labute approximate surface area is 263 Å². The third-order valence-corrected chi connectivity index (χ3v) is 9.52. The van der Waals surface area contributed by atoms with Crippen molar-refractivity contribution in [2.45, 2.75) is 38.8 Å². The van der Waals surface area contributed by atoms with E-state index >= 15 is 0 Å².